The molecule has 156 valence electrons. The van der Waals surface area contributed by atoms with Crippen molar-refractivity contribution in [1.82, 2.24) is 25.1 Å². The van der Waals surface area contributed by atoms with Gasteiger partial charge in [-0.1, -0.05) is 12.1 Å². The number of benzene rings is 1. The normalized spacial score (nSPS) is 14.7. The molecule has 3 aromatic rings. The molecule has 4 rings (SSSR count). The van der Waals surface area contributed by atoms with E-state index in [1.807, 2.05) is 37.0 Å². The minimum atomic E-state index is -0.271. The van der Waals surface area contributed by atoms with Crippen LogP contribution in [0.15, 0.2) is 36.7 Å². The van der Waals surface area contributed by atoms with Crippen LogP contribution in [0, 0.1) is 12.7 Å². The standard InChI is InChI=1S/C22H25FN6O/c1-14-18(13-25-27-14)21(30)29-10-8-16(9-11-29)20-19(12-24-22(26-20)28(2)3)15-4-6-17(23)7-5-15/h4-7,12-13,16H,8-11H2,1-3H3,(H,25,27). The van der Waals surface area contributed by atoms with Crippen LogP contribution in [0.4, 0.5) is 10.3 Å². The number of rotatable bonds is 4. The number of likely N-dealkylation sites (tertiary alicyclic amines) is 1. The monoisotopic (exact) mass is 408 g/mol. The summed E-state index contributed by atoms with van der Waals surface area (Å²) in [6.07, 6.45) is 5.02. The van der Waals surface area contributed by atoms with E-state index in [4.69, 9.17) is 4.98 Å². The molecule has 7 nitrogen and oxygen atoms in total. The molecular formula is C22H25FN6O. The predicted molar refractivity (Wildman–Crippen MR) is 113 cm³/mol. The first-order chi connectivity index (χ1) is 14.4. The molecule has 8 heteroatoms. The average molecular weight is 408 g/mol. The van der Waals surface area contributed by atoms with Crippen LogP contribution >= 0.6 is 0 Å². The van der Waals surface area contributed by atoms with Crippen LogP contribution in [0.3, 0.4) is 0 Å². The van der Waals surface area contributed by atoms with Crippen molar-refractivity contribution in [1.29, 1.82) is 0 Å². The molecule has 1 saturated heterocycles. The third kappa shape index (κ3) is 3.90. The fourth-order valence-corrected chi connectivity index (χ4v) is 3.86. The van der Waals surface area contributed by atoms with E-state index in [1.165, 1.54) is 12.1 Å². The summed E-state index contributed by atoms with van der Waals surface area (Å²) in [6, 6.07) is 6.42. The maximum Gasteiger partial charge on any atom is 0.257 e. The first-order valence-electron chi connectivity index (χ1n) is 10.0. The highest BCUT2D eigenvalue weighted by atomic mass is 19.1. The van der Waals surface area contributed by atoms with Gasteiger partial charge in [-0.25, -0.2) is 14.4 Å². The Labute approximate surface area is 175 Å². The molecule has 1 N–H and O–H groups in total. The molecule has 0 aliphatic carbocycles. The average Bonchev–Trinajstić information content (AvgIpc) is 3.19. The van der Waals surface area contributed by atoms with Crippen molar-refractivity contribution in [3.8, 4) is 11.1 Å². The summed E-state index contributed by atoms with van der Waals surface area (Å²) in [7, 11) is 3.82. The number of nitrogens with one attached hydrogen (secondary N) is 1. The molecule has 1 amide bonds. The number of nitrogens with zero attached hydrogens (tertiary/aromatic N) is 5. The predicted octanol–water partition coefficient (Wildman–Crippen LogP) is 3.40. The number of aryl methyl sites for hydroxylation is 1. The molecule has 0 unspecified atom stereocenters. The first kappa shape index (κ1) is 20.0. The fourth-order valence-electron chi connectivity index (χ4n) is 3.86. The smallest absolute Gasteiger partial charge is 0.257 e. The van der Waals surface area contributed by atoms with Crippen molar-refractivity contribution in [2.24, 2.45) is 0 Å². The maximum absolute atomic E-state index is 13.4. The third-order valence-corrected chi connectivity index (χ3v) is 5.59. The van der Waals surface area contributed by atoms with E-state index in [1.54, 1.807) is 18.3 Å². The molecular weight excluding hydrogens is 383 g/mol. The van der Waals surface area contributed by atoms with E-state index in [0.29, 0.717) is 24.6 Å². The summed E-state index contributed by atoms with van der Waals surface area (Å²) in [6.45, 7) is 3.15. The third-order valence-electron chi connectivity index (χ3n) is 5.59. The number of amides is 1. The van der Waals surface area contributed by atoms with Gasteiger partial charge in [-0.2, -0.15) is 5.10 Å². The van der Waals surface area contributed by atoms with Crippen molar-refractivity contribution in [3.05, 3.63) is 59.4 Å². The Kier molecular flexibility index (Phi) is 5.48. The Bertz CT molecular complexity index is 1040. The van der Waals surface area contributed by atoms with Crippen LogP contribution in [0.1, 0.15) is 40.5 Å². The summed E-state index contributed by atoms with van der Waals surface area (Å²) in [5.41, 5.74) is 4.16. The van der Waals surface area contributed by atoms with E-state index in [0.717, 1.165) is 35.4 Å². The Hall–Kier alpha value is -3.29. The van der Waals surface area contributed by atoms with Gasteiger partial charge < -0.3 is 9.80 Å². The molecule has 1 fully saturated rings. The van der Waals surface area contributed by atoms with Gasteiger partial charge in [0.25, 0.3) is 5.91 Å². The van der Waals surface area contributed by atoms with Gasteiger partial charge in [0.1, 0.15) is 5.82 Å². The zero-order chi connectivity index (χ0) is 21.3. The minimum Gasteiger partial charge on any atom is -0.347 e. The second-order valence-electron chi connectivity index (χ2n) is 7.85. The van der Waals surface area contributed by atoms with E-state index in [9.17, 15) is 9.18 Å². The van der Waals surface area contributed by atoms with Crippen LogP contribution in [-0.4, -0.2) is 58.2 Å². The Morgan fingerprint density at radius 2 is 1.87 bits per heavy atom. The molecule has 2 aromatic heterocycles. The van der Waals surface area contributed by atoms with Crippen molar-refractivity contribution in [2.45, 2.75) is 25.7 Å². The lowest BCUT2D eigenvalue weighted by Crippen LogP contribution is -2.38. The van der Waals surface area contributed by atoms with Gasteiger partial charge in [0.2, 0.25) is 5.95 Å². The summed E-state index contributed by atoms with van der Waals surface area (Å²) in [5.74, 6) is 0.576. The van der Waals surface area contributed by atoms with Gasteiger partial charge in [0, 0.05) is 50.6 Å². The minimum absolute atomic E-state index is 0.00938. The van der Waals surface area contributed by atoms with Gasteiger partial charge in [-0.3, -0.25) is 9.89 Å². The molecule has 1 aromatic carbocycles. The second kappa shape index (κ2) is 8.22. The van der Waals surface area contributed by atoms with Crippen molar-refractivity contribution >= 4 is 11.9 Å². The summed E-state index contributed by atoms with van der Waals surface area (Å²) in [5, 5.41) is 6.78. The summed E-state index contributed by atoms with van der Waals surface area (Å²) >= 11 is 0. The van der Waals surface area contributed by atoms with E-state index < -0.39 is 0 Å². The molecule has 30 heavy (non-hydrogen) atoms. The molecule has 1 aliphatic rings. The van der Waals surface area contributed by atoms with E-state index in [2.05, 4.69) is 15.2 Å². The van der Waals surface area contributed by atoms with Crippen LogP contribution in [0.2, 0.25) is 0 Å². The van der Waals surface area contributed by atoms with E-state index >= 15 is 0 Å². The highest BCUT2D eigenvalue weighted by molar-refractivity contribution is 5.95. The number of hydrogen-bond acceptors (Lipinski definition) is 5. The number of piperidine rings is 1. The molecule has 0 radical (unpaired) electrons. The number of hydrogen-bond donors (Lipinski definition) is 1. The molecule has 1 aliphatic heterocycles. The summed E-state index contributed by atoms with van der Waals surface area (Å²) < 4.78 is 13.4. The molecule has 0 bridgehead atoms. The Balaban J connectivity index is 1.59. The Morgan fingerprint density at radius 1 is 1.17 bits per heavy atom. The quantitative estimate of drug-likeness (QED) is 0.716. The number of halogens is 1. The maximum atomic E-state index is 13.4. The van der Waals surface area contributed by atoms with Gasteiger partial charge in [0.05, 0.1) is 17.5 Å². The number of aromatic amines is 1. The highest BCUT2D eigenvalue weighted by Crippen LogP contribution is 2.35. The molecule has 3 heterocycles. The van der Waals surface area contributed by atoms with Crippen LogP contribution in [-0.2, 0) is 0 Å². The zero-order valence-corrected chi connectivity index (χ0v) is 17.4. The zero-order valence-electron chi connectivity index (χ0n) is 17.4. The SMILES string of the molecule is Cc1[nH]ncc1C(=O)N1CCC(c2nc(N(C)C)ncc2-c2ccc(F)cc2)CC1. The number of anilines is 1. The fraction of sp³-hybridized carbons (Fsp3) is 0.364. The lowest BCUT2D eigenvalue weighted by molar-refractivity contribution is 0.0711. The van der Waals surface area contributed by atoms with Crippen LogP contribution < -0.4 is 4.90 Å². The lowest BCUT2D eigenvalue weighted by atomic mass is 9.88. The lowest BCUT2D eigenvalue weighted by Gasteiger charge is -2.32. The van der Waals surface area contributed by atoms with Crippen LogP contribution in [0.25, 0.3) is 11.1 Å². The van der Waals surface area contributed by atoms with Gasteiger partial charge in [0.15, 0.2) is 0 Å². The highest BCUT2D eigenvalue weighted by Gasteiger charge is 2.28. The van der Waals surface area contributed by atoms with E-state index in [-0.39, 0.29) is 17.6 Å². The molecule has 0 atom stereocenters. The van der Waals surface area contributed by atoms with Gasteiger partial charge >= 0.3 is 0 Å². The number of carbonyl (C=O) groups is 1. The number of carbonyl (C=O) groups excluding carboxylic acids is 1. The second-order valence-corrected chi connectivity index (χ2v) is 7.85. The van der Waals surface area contributed by atoms with Crippen molar-refractivity contribution in [2.75, 3.05) is 32.1 Å². The van der Waals surface area contributed by atoms with Gasteiger partial charge in [-0.05, 0) is 37.5 Å². The molecule has 0 saturated carbocycles. The first-order valence-corrected chi connectivity index (χ1v) is 10.0. The number of H-pyrrole nitrogens is 1. The largest absolute Gasteiger partial charge is 0.347 e. The summed E-state index contributed by atoms with van der Waals surface area (Å²) in [4.78, 5) is 25.8. The van der Waals surface area contributed by atoms with Crippen molar-refractivity contribution in [3.63, 3.8) is 0 Å². The number of aromatic nitrogens is 4. The molecule has 0 spiro atoms. The topological polar surface area (TPSA) is 78.0 Å². The van der Waals surface area contributed by atoms with Crippen molar-refractivity contribution < 1.29 is 9.18 Å². The van der Waals surface area contributed by atoms with Gasteiger partial charge in [-0.15, -0.1) is 0 Å². The van der Waals surface area contributed by atoms with Crippen LogP contribution in [0.5, 0.6) is 0 Å². The Morgan fingerprint density at radius 3 is 2.47 bits per heavy atom.